The molecule has 1 unspecified atom stereocenters. The molecule has 0 spiro atoms. The van der Waals surface area contributed by atoms with Crippen molar-refractivity contribution in [3.63, 3.8) is 0 Å². The second kappa shape index (κ2) is 6.73. The molecule has 0 aromatic rings. The molecule has 0 bridgehead atoms. The lowest BCUT2D eigenvalue weighted by molar-refractivity contribution is -0.135. The number of aliphatic hydroxyl groups excluding tert-OH is 1. The molecule has 20 heavy (non-hydrogen) atoms. The molecule has 116 valence electrons. The van der Waals surface area contributed by atoms with Crippen molar-refractivity contribution in [3.8, 4) is 0 Å². The van der Waals surface area contributed by atoms with E-state index in [0.29, 0.717) is 13.1 Å². The van der Waals surface area contributed by atoms with E-state index in [1.165, 1.54) is 0 Å². The standard InChI is InChI=1S/C14H26BrN3O2/c1-16-6-8-18(9-7-16)11-12(19)10-17(2)13(20)14(15)4-3-5-14/h12,19H,3-11H2,1-2H3. The fourth-order valence-electron chi connectivity index (χ4n) is 2.83. The summed E-state index contributed by atoms with van der Waals surface area (Å²) in [4.78, 5) is 18.5. The van der Waals surface area contributed by atoms with Gasteiger partial charge in [0.1, 0.15) is 4.32 Å². The van der Waals surface area contributed by atoms with Crippen LogP contribution in [-0.4, -0.2) is 89.5 Å². The van der Waals surface area contributed by atoms with Gasteiger partial charge in [-0.05, 0) is 26.3 Å². The lowest BCUT2D eigenvalue weighted by Crippen LogP contribution is -2.52. The van der Waals surface area contributed by atoms with Crippen LogP contribution >= 0.6 is 15.9 Å². The second-order valence-electron chi connectivity index (χ2n) is 6.26. The van der Waals surface area contributed by atoms with E-state index in [2.05, 4.69) is 32.8 Å². The summed E-state index contributed by atoms with van der Waals surface area (Å²) in [7, 11) is 3.91. The van der Waals surface area contributed by atoms with Crippen molar-refractivity contribution in [2.75, 3.05) is 53.4 Å². The molecule has 2 aliphatic rings. The van der Waals surface area contributed by atoms with E-state index in [9.17, 15) is 9.90 Å². The average molecular weight is 348 g/mol. The molecule has 0 radical (unpaired) electrons. The molecular weight excluding hydrogens is 322 g/mol. The van der Waals surface area contributed by atoms with Gasteiger partial charge in [-0.1, -0.05) is 15.9 Å². The molecule has 1 saturated heterocycles. The van der Waals surface area contributed by atoms with Gasteiger partial charge in [0.2, 0.25) is 5.91 Å². The minimum atomic E-state index is -0.469. The van der Waals surface area contributed by atoms with E-state index in [0.717, 1.165) is 45.4 Å². The van der Waals surface area contributed by atoms with Crippen molar-refractivity contribution in [3.05, 3.63) is 0 Å². The summed E-state index contributed by atoms with van der Waals surface area (Å²) >= 11 is 3.54. The van der Waals surface area contributed by atoms with Crippen molar-refractivity contribution >= 4 is 21.8 Å². The summed E-state index contributed by atoms with van der Waals surface area (Å²) in [5.74, 6) is 0.112. The number of carbonyl (C=O) groups is 1. The van der Waals surface area contributed by atoms with E-state index < -0.39 is 6.10 Å². The highest BCUT2D eigenvalue weighted by atomic mass is 79.9. The molecule has 0 aromatic carbocycles. The van der Waals surface area contributed by atoms with Gasteiger partial charge in [0, 0.05) is 46.3 Å². The molecule has 1 N–H and O–H groups in total. The average Bonchev–Trinajstić information content (AvgIpc) is 2.37. The van der Waals surface area contributed by atoms with Crippen molar-refractivity contribution in [1.29, 1.82) is 0 Å². The molecule has 1 heterocycles. The van der Waals surface area contributed by atoms with Crippen LogP contribution in [0.5, 0.6) is 0 Å². The van der Waals surface area contributed by atoms with Crippen LogP contribution in [0.15, 0.2) is 0 Å². The summed E-state index contributed by atoms with van der Waals surface area (Å²) in [5.41, 5.74) is 0. The molecule has 1 aliphatic carbocycles. The van der Waals surface area contributed by atoms with Crippen LogP contribution in [0.1, 0.15) is 19.3 Å². The van der Waals surface area contributed by atoms with E-state index in [-0.39, 0.29) is 10.2 Å². The van der Waals surface area contributed by atoms with Gasteiger partial charge in [-0.3, -0.25) is 9.69 Å². The number of hydrogen-bond donors (Lipinski definition) is 1. The number of halogens is 1. The number of carbonyl (C=O) groups excluding carboxylic acids is 1. The number of rotatable bonds is 5. The monoisotopic (exact) mass is 347 g/mol. The fraction of sp³-hybridized carbons (Fsp3) is 0.929. The lowest BCUT2D eigenvalue weighted by atomic mass is 9.84. The molecule has 5 nitrogen and oxygen atoms in total. The smallest absolute Gasteiger partial charge is 0.239 e. The predicted molar refractivity (Wildman–Crippen MR) is 83.1 cm³/mol. The first-order valence-electron chi connectivity index (χ1n) is 7.44. The van der Waals surface area contributed by atoms with E-state index in [4.69, 9.17) is 0 Å². The quantitative estimate of drug-likeness (QED) is 0.730. The molecule has 2 fully saturated rings. The number of aliphatic hydroxyl groups is 1. The largest absolute Gasteiger partial charge is 0.390 e. The van der Waals surface area contributed by atoms with E-state index in [1.54, 1.807) is 11.9 Å². The predicted octanol–water partition coefficient (Wildman–Crippen LogP) is 0.371. The third kappa shape index (κ3) is 3.93. The maximum absolute atomic E-state index is 12.3. The molecule has 2 rings (SSSR count). The summed E-state index contributed by atoms with van der Waals surface area (Å²) in [6.45, 7) is 5.15. The van der Waals surface area contributed by atoms with Crippen molar-refractivity contribution < 1.29 is 9.90 Å². The van der Waals surface area contributed by atoms with Crippen LogP contribution in [0.3, 0.4) is 0 Å². The number of likely N-dealkylation sites (N-methyl/N-ethyl adjacent to an activating group) is 2. The number of β-amino-alcohol motifs (C(OH)–C–C–N with tert-alkyl or cyclic N) is 1. The Morgan fingerprint density at radius 1 is 1.35 bits per heavy atom. The van der Waals surface area contributed by atoms with Crippen LogP contribution < -0.4 is 0 Å². The number of hydrogen-bond acceptors (Lipinski definition) is 4. The van der Waals surface area contributed by atoms with Crippen molar-refractivity contribution in [2.45, 2.75) is 29.7 Å². The second-order valence-corrected chi connectivity index (χ2v) is 7.78. The summed E-state index contributed by atoms with van der Waals surface area (Å²) in [6, 6.07) is 0. The van der Waals surface area contributed by atoms with Crippen LogP contribution in [0.4, 0.5) is 0 Å². The fourth-order valence-corrected chi connectivity index (χ4v) is 3.69. The first-order valence-corrected chi connectivity index (χ1v) is 8.23. The van der Waals surface area contributed by atoms with Crippen LogP contribution in [0.25, 0.3) is 0 Å². The van der Waals surface area contributed by atoms with E-state index in [1.807, 2.05) is 0 Å². The normalized spacial score (nSPS) is 25.0. The van der Waals surface area contributed by atoms with E-state index >= 15 is 0 Å². The van der Waals surface area contributed by atoms with Gasteiger partial charge in [0.15, 0.2) is 0 Å². The van der Waals surface area contributed by atoms with Gasteiger partial charge in [0.25, 0.3) is 0 Å². The zero-order chi connectivity index (χ0) is 14.8. The highest BCUT2D eigenvalue weighted by Gasteiger charge is 2.43. The molecular formula is C14H26BrN3O2. The highest BCUT2D eigenvalue weighted by molar-refractivity contribution is 9.10. The third-order valence-electron chi connectivity index (χ3n) is 4.43. The SMILES string of the molecule is CN1CCN(CC(O)CN(C)C(=O)C2(Br)CCC2)CC1. The Hall–Kier alpha value is -0.170. The topological polar surface area (TPSA) is 47.0 Å². The Morgan fingerprint density at radius 2 is 1.95 bits per heavy atom. The van der Waals surface area contributed by atoms with Gasteiger partial charge in [-0.25, -0.2) is 0 Å². The molecule has 0 aromatic heterocycles. The number of piperazine rings is 1. The highest BCUT2D eigenvalue weighted by Crippen LogP contribution is 2.41. The maximum Gasteiger partial charge on any atom is 0.239 e. The first-order chi connectivity index (χ1) is 9.40. The first kappa shape index (κ1) is 16.2. The number of nitrogens with zero attached hydrogens (tertiary/aromatic N) is 3. The Labute approximate surface area is 130 Å². The lowest BCUT2D eigenvalue weighted by Gasteiger charge is -2.39. The van der Waals surface area contributed by atoms with Gasteiger partial charge >= 0.3 is 0 Å². The van der Waals surface area contributed by atoms with Crippen LogP contribution in [0, 0.1) is 0 Å². The van der Waals surface area contributed by atoms with Gasteiger partial charge in [-0.2, -0.15) is 0 Å². The molecule has 6 heteroatoms. The summed E-state index contributed by atoms with van der Waals surface area (Å²) < 4.78 is -0.352. The number of alkyl halides is 1. The summed E-state index contributed by atoms with van der Waals surface area (Å²) in [6.07, 6.45) is 2.45. The van der Waals surface area contributed by atoms with Gasteiger partial charge < -0.3 is 14.9 Å². The minimum Gasteiger partial charge on any atom is -0.390 e. The van der Waals surface area contributed by atoms with Crippen LogP contribution in [0.2, 0.25) is 0 Å². The molecule has 1 atom stereocenters. The molecule has 1 saturated carbocycles. The molecule has 1 amide bonds. The Kier molecular flexibility index (Phi) is 5.45. The van der Waals surface area contributed by atoms with Crippen LogP contribution in [-0.2, 0) is 4.79 Å². The van der Waals surface area contributed by atoms with Crippen molar-refractivity contribution in [2.24, 2.45) is 0 Å². The van der Waals surface area contributed by atoms with Gasteiger partial charge in [-0.15, -0.1) is 0 Å². The zero-order valence-electron chi connectivity index (χ0n) is 12.5. The zero-order valence-corrected chi connectivity index (χ0v) is 14.1. The summed E-state index contributed by atoms with van der Waals surface area (Å²) in [5, 5.41) is 10.2. The van der Waals surface area contributed by atoms with Gasteiger partial charge in [0.05, 0.1) is 6.10 Å². The maximum atomic E-state index is 12.3. The Bertz CT molecular complexity index is 341. The third-order valence-corrected chi connectivity index (χ3v) is 5.56. The molecule has 1 aliphatic heterocycles. The Balaban J connectivity index is 1.73. The number of amides is 1. The Morgan fingerprint density at radius 3 is 2.45 bits per heavy atom. The minimum absolute atomic E-state index is 0.112. The van der Waals surface area contributed by atoms with Crippen molar-refractivity contribution in [1.82, 2.24) is 14.7 Å².